The molecule has 1 saturated heterocycles. The molecule has 2 aliphatic rings. The number of amides is 1. The van der Waals surface area contributed by atoms with Crippen LogP contribution in [0.1, 0.15) is 18.4 Å². The van der Waals surface area contributed by atoms with Crippen molar-refractivity contribution in [2.45, 2.75) is 25.4 Å². The minimum atomic E-state index is -4.09. The largest absolute Gasteiger partial charge is 0.391 e. The molecule has 1 spiro atoms. The van der Waals surface area contributed by atoms with E-state index in [1.807, 2.05) is 54.6 Å². The van der Waals surface area contributed by atoms with Crippen molar-refractivity contribution in [1.82, 2.24) is 4.90 Å². The molecule has 0 atom stereocenters. The van der Waals surface area contributed by atoms with E-state index < -0.39 is 12.1 Å². The summed E-state index contributed by atoms with van der Waals surface area (Å²) >= 11 is 0. The molecule has 2 nitrogen and oxygen atoms in total. The number of carbonyl (C=O) groups is 1. The van der Waals surface area contributed by atoms with Gasteiger partial charge in [-0.3, -0.25) is 4.79 Å². The first kappa shape index (κ1) is 17.1. The Morgan fingerprint density at radius 2 is 1.54 bits per heavy atom. The molecule has 2 aromatic carbocycles. The van der Waals surface area contributed by atoms with E-state index in [9.17, 15) is 18.0 Å². The van der Waals surface area contributed by atoms with Crippen LogP contribution in [0.25, 0.3) is 11.1 Å². The van der Waals surface area contributed by atoms with E-state index in [-0.39, 0.29) is 24.2 Å². The minimum absolute atomic E-state index is 0.00135. The number of likely N-dealkylation sites (tertiary alicyclic amines) is 1. The van der Waals surface area contributed by atoms with Gasteiger partial charge in [0.05, 0.1) is 12.3 Å². The zero-order valence-corrected chi connectivity index (χ0v) is 14.3. The van der Waals surface area contributed by atoms with Gasteiger partial charge in [0.2, 0.25) is 5.91 Å². The highest BCUT2D eigenvalue weighted by atomic mass is 19.4. The summed E-state index contributed by atoms with van der Waals surface area (Å²) in [6.45, 7) is 0.945. The van der Waals surface area contributed by atoms with Crippen molar-refractivity contribution in [2.75, 3.05) is 13.1 Å². The van der Waals surface area contributed by atoms with Crippen molar-refractivity contribution in [3.05, 3.63) is 60.2 Å². The van der Waals surface area contributed by atoms with Crippen LogP contribution in [-0.2, 0) is 11.2 Å². The maximum Gasteiger partial charge on any atom is 0.391 e. The summed E-state index contributed by atoms with van der Waals surface area (Å²) in [7, 11) is 0. The molecule has 4 rings (SSSR count). The topological polar surface area (TPSA) is 20.3 Å². The molecule has 0 radical (unpaired) electrons. The summed E-state index contributed by atoms with van der Waals surface area (Å²) in [6.07, 6.45) is -3.44. The van der Waals surface area contributed by atoms with Crippen LogP contribution in [0.5, 0.6) is 0 Å². The molecule has 1 aliphatic heterocycles. The number of benzene rings is 2. The monoisotopic (exact) mass is 359 g/mol. The Morgan fingerprint density at radius 1 is 0.962 bits per heavy atom. The number of rotatable bonds is 3. The first-order valence-corrected chi connectivity index (χ1v) is 8.84. The molecule has 136 valence electrons. The fourth-order valence-electron chi connectivity index (χ4n) is 4.15. The van der Waals surface area contributed by atoms with Crippen LogP contribution in [0.3, 0.4) is 0 Å². The fourth-order valence-corrected chi connectivity index (χ4v) is 4.15. The predicted molar refractivity (Wildman–Crippen MR) is 93.4 cm³/mol. The highest BCUT2D eigenvalue weighted by Gasteiger charge is 2.60. The van der Waals surface area contributed by atoms with Gasteiger partial charge in [0.25, 0.3) is 0 Å². The number of hydrogen-bond acceptors (Lipinski definition) is 1. The molecule has 0 bridgehead atoms. The lowest BCUT2D eigenvalue weighted by Gasteiger charge is -2.59. The first-order valence-electron chi connectivity index (χ1n) is 8.84. The highest BCUT2D eigenvalue weighted by Crippen LogP contribution is 2.56. The Balaban J connectivity index is 1.30. The molecular weight excluding hydrogens is 339 g/mol. The molecule has 0 aromatic heterocycles. The summed E-state index contributed by atoms with van der Waals surface area (Å²) in [6, 6.07) is 17.9. The minimum Gasteiger partial charge on any atom is -0.341 e. The number of hydrogen-bond donors (Lipinski definition) is 0. The maximum absolute atomic E-state index is 12.6. The molecule has 0 unspecified atom stereocenters. The molecule has 2 fully saturated rings. The van der Waals surface area contributed by atoms with Crippen LogP contribution in [0.15, 0.2) is 54.6 Å². The predicted octanol–water partition coefficient (Wildman–Crippen LogP) is 4.70. The smallest absolute Gasteiger partial charge is 0.341 e. The average Bonchev–Trinajstić information content (AvgIpc) is 2.52. The van der Waals surface area contributed by atoms with E-state index in [1.54, 1.807) is 4.90 Å². The van der Waals surface area contributed by atoms with E-state index >= 15 is 0 Å². The van der Waals surface area contributed by atoms with Crippen molar-refractivity contribution in [3.8, 4) is 11.1 Å². The normalized spacial score (nSPS) is 19.1. The Hall–Kier alpha value is -2.30. The second-order valence-corrected chi connectivity index (χ2v) is 7.64. The van der Waals surface area contributed by atoms with Gasteiger partial charge in [-0.1, -0.05) is 54.6 Å². The van der Waals surface area contributed by atoms with Crippen LogP contribution in [0, 0.1) is 11.3 Å². The van der Waals surface area contributed by atoms with Crippen molar-refractivity contribution < 1.29 is 18.0 Å². The van der Waals surface area contributed by atoms with Crippen LogP contribution in [0.2, 0.25) is 0 Å². The summed E-state index contributed by atoms with van der Waals surface area (Å²) in [5.74, 6) is -1.18. The van der Waals surface area contributed by atoms with Gasteiger partial charge < -0.3 is 4.90 Å². The Morgan fingerprint density at radius 3 is 2.12 bits per heavy atom. The van der Waals surface area contributed by atoms with E-state index in [1.165, 1.54) is 0 Å². The van der Waals surface area contributed by atoms with Crippen LogP contribution in [0.4, 0.5) is 13.2 Å². The maximum atomic E-state index is 12.6. The second kappa shape index (κ2) is 6.15. The van der Waals surface area contributed by atoms with Gasteiger partial charge in [-0.25, -0.2) is 0 Å². The second-order valence-electron chi connectivity index (χ2n) is 7.64. The lowest BCUT2D eigenvalue weighted by molar-refractivity contribution is -0.241. The van der Waals surface area contributed by atoms with Crippen molar-refractivity contribution in [1.29, 1.82) is 0 Å². The number of nitrogens with zero attached hydrogens (tertiary/aromatic N) is 1. The zero-order valence-electron chi connectivity index (χ0n) is 14.3. The van der Waals surface area contributed by atoms with Gasteiger partial charge in [0, 0.05) is 18.5 Å². The molecule has 1 aliphatic carbocycles. The van der Waals surface area contributed by atoms with Gasteiger partial charge in [-0.05, 0) is 29.5 Å². The van der Waals surface area contributed by atoms with E-state index in [0.29, 0.717) is 19.5 Å². The van der Waals surface area contributed by atoms with E-state index in [0.717, 1.165) is 16.7 Å². The summed E-state index contributed by atoms with van der Waals surface area (Å²) < 4.78 is 37.9. The van der Waals surface area contributed by atoms with Gasteiger partial charge >= 0.3 is 6.18 Å². The number of halogens is 3. The summed E-state index contributed by atoms with van der Waals surface area (Å²) in [4.78, 5) is 14.1. The molecule has 1 saturated carbocycles. The van der Waals surface area contributed by atoms with Crippen molar-refractivity contribution >= 4 is 5.91 Å². The first-order chi connectivity index (χ1) is 12.3. The van der Waals surface area contributed by atoms with Crippen LogP contribution >= 0.6 is 0 Å². The summed E-state index contributed by atoms with van der Waals surface area (Å²) in [5, 5.41) is 0. The van der Waals surface area contributed by atoms with Crippen LogP contribution in [-0.4, -0.2) is 30.1 Å². The van der Waals surface area contributed by atoms with Crippen LogP contribution < -0.4 is 0 Å². The Kier molecular flexibility index (Phi) is 4.05. The molecule has 26 heavy (non-hydrogen) atoms. The third-order valence-corrected chi connectivity index (χ3v) is 5.64. The SMILES string of the molecule is O=C(Cc1ccc(-c2ccccc2)cc1)N1CC2(CC(C(F)(F)F)C2)C1. The number of alkyl halides is 3. The molecular formula is C21H20F3NO. The highest BCUT2D eigenvalue weighted by molar-refractivity contribution is 5.80. The molecule has 0 N–H and O–H groups in total. The third-order valence-electron chi connectivity index (χ3n) is 5.64. The van der Waals surface area contributed by atoms with E-state index in [4.69, 9.17) is 0 Å². The standard InChI is InChI=1S/C21H20F3NO/c22-21(23,24)18-11-20(12-18)13-25(14-20)19(26)10-15-6-8-17(9-7-15)16-4-2-1-3-5-16/h1-9,18H,10-14H2. The summed E-state index contributed by atoms with van der Waals surface area (Å²) in [5.41, 5.74) is 2.88. The molecule has 1 heterocycles. The van der Waals surface area contributed by atoms with Gasteiger partial charge in [0.15, 0.2) is 0 Å². The zero-order chi connectivity index (χ0) is 18.4. The van der Waals surface area contributed by atoms with Gasteiger partial charge in [-0.15, -0.1) is 0 Å². The number of carbonyl (C=O) groups excluding carboxylic acids is 1. The molecule has 1 amide bonds. The molecule has 2 aromatic rings. The van der Waals surface area contributed by atoms with Crippen molar-refractivity contribution in [3.63, 3.8) is 0 Å². The van der Waals surface area contributed by atoms with Crippen molar-refractivity contribution in [2.24, 2.45) is 11.3 Å². The fraction of sp³-hybridized carbons (Fsp3) is 0.381. The average molecular weight is 359 g/mol. The molecule has 5 heteroatoms. The lowest BCUT2D eigenvalue weighted by Crippen LogP contribution is -2.65. The van der Waals surface area contributed by atoms with E-state index in [2.05, 4.69) is 0 Å². The van der Waals surface area contributed by atoms with Gasteiger partial charge in [0.1, 0.15) is 0 Å². The Bertz CT molecular complexity index is 784. The van der Waals surface area contributed by atoms with Gasteiger partial charge in [-0.2, -0.15) is 13.2 Å². The Labute approximate surface area is 150 Å². The quantitative estimate of drug-likeness (QED) is 0.778. The third kappa shape index (κ3) is 3.22. The lowest BCUT2D eigenvalue weighted by atomic mass is 9.57.